The van der Waals surface area contributed by atoms with Crippen molar-refractivity contribution >= 4 is 17.8 Å². The summed E-state index contributed by atoms with van der Waals surface area (Å²) in [7, 11) is 0. The van der Waals surface area contributed by atoms with Crippen molar-refractivity contribution in [3.05, 3.63) is 90.1 Å². The number of hydrogen-bond acceptors (Lipinski definition) is 9. The normalized spacial score (nSPS) is 16.1. The van der Waals surface area contributed by atoms with E-state index in [0.29, 0.717) is 62.7 Å². The number of aromatic nitrogens is 4. The number of carbonyl (C=O) groups is 2. The van der Waals surface area contributed by atoms with Gasteiger partial charge in [0.05, 0.1) is 6.04 Å². The highest BCUT2D eigenvalue weighted by Crippen LogP contribution is 2.30. The molecule has 12 heteroatoms. The van der Waals surface area contributed by atoms with Gasteiger partial charge in [-0.1, -0.05) is 36.4 Å². The molecule has 4 heterocycles. The molecule has 6 rings (SSSR count). The number of aryl methyl sites for hydroxylation is 1. The van der Waals surface area contributed by atoms with Crippen LogP contribution in [0.5, 0.6) is 11.5 Å². The largest absolute Gasteiger partial charge is 0.486 e. The monoisotopic (exact) mass is 583 g/mol. The number of fused-ring (bicyclic) bond motifs is 1. The molecule has 0 aliphatic carbocycles. The molecular formula is C31H33N7O5. The lowest BCUT2D eigenvalue weighted by Gasteiger charge is -2.41. The quantitative estimate of drug-likeness (QED) is 0.333. The van der Waals surface area contributed by atoms with Crippen molar-refractivity contribution in [1.82, 2.24) is 29.7 Å². The molecular weight excluding hydrogens is 550 g/mol. The van der Waals surface area contributed by atoms with Crippen LogP contribution in [0, 0.1) is 6.92 Å². The van der Waals surface area contributed by atoms with Gasteiger partial charge in [0.1, 0.15) is 32.0 Å². The number of imidazole rings is 1. The molecule has 1 fully saturated rings. The Bertz CT molecular complexity index is 1560. The molecule has 4 aromatic rings. The molecule has 2 aliphatic rings. The third-order valence-corrected chi connectivity index (χ3v) is 7.32. The lowest BCUT2D eigenvalue weighted by Crippen LogP contribution is -2.56. The van der Waals surface area contributed by atoms with Crippen LogP contribution in [-0.2, 0) is 22.7 Å². The third kappa shape index (κ3) is 6.85. The fraction of sp³-hybridized carbons (Fsp3) is 0.323. The van der Waals surface area contributed by atoms with Crippen molar-refractivity contribution in [2.75, 3.05) is 37.7 Å². The predicted octanol–water partition coefficient (Wildman–Crippen LogP) is 3.28. The summed E-state index contributed by atoms with van der Waals surface area (Å²) in [6.45, 7) is 4.63. The molecule has 2 amide bonds. The van der Waals surface area contributed by atoms with Gasteiger partial charge >= 0.3 is 6.09 Å². The summed E-state index contributed by atoms with van der Waals surface area (Å²) in [6.07, 6.45) is 4.82. The van der Waals surface area contributed by atoms with E-state index in [1.54, 1.807) is 28.2 Å². The average molecular weight is 584 g/mol. The molecule has 1 atom stereocenters. The van der Waals surface area contributed by atoms with Crippen LogP contribution in [0.2, 0.25) is 0 Å². The number of benzene rings is 2. The third-order valence-electron chi connectivity index (χ3n) is 7.32. The number of rotatable bonds is 8. The first-order valence-electron chi connectivity index (χ1n) is 14.2. The van der Waals surface area contributed by atoms with Crippen molar-refractivity contribution < 1.29 is 23.8 Å². The minimum atomic E-state index is -0.414. The number of ether oxygens (including phenoxy) is 3. The Labute approximate surface area is 249 Å². The molecule has 222 valence electrons. The molecule has 0 bridgehead atoms. The maximum Gasteiger partial charge on any atom is 0.410 e. The van der Waals surface area contributed by atoms with E-state index < -0.39 is 6.09 Å². The van der Waals surface area contributed by atoms with Gasteiger partial charge in [0.25, 0.3) is 0 Å². The maximum absolute atomic E-state index is 13.3. The average Bonchev–Trinajstić information content (AvgIpc) is 3.58. The van der Waals surface area contributed by atoms with Crippen LogP contribution in [-0.4, -0.2) is 75.3 Å². The van der Waals surface area contributed by atoms with Crippen LogP contribution in [0.15, 0.2) is 73.3 Å². The van der Waals surface area contributed by atoms with Gasteiger partial charge in [-0.25, -0.2) is 14.8 Å². The minimum Gasteiger partial charge on any atom is -0.486 e. The minimum absolute atomic E-state index is 0.148. The fourth-order valence-corrected chi connectivity index (χ4v) is 5.17. The molecule has 1 unspecified atom stereocenters. The highest BCUT2D eigenvalue weighted by atomic mass is 16.6. The van der Waals surface area contributed by atoms with Gasteiger partial charge in [0, 0.05) is 56.8 Å². The zero-order chi connectivity index (χ0) is 29.6. The predicted molar refractivity (Wildman–Crippen MR) is 157 cm³/mol. The Balaban J connectivity index is 1.17. The van der Waals surface area contributed by atoms with Gasteiger partial charge in [0.15, 0.2) is 11.5 Å². The van der Waals surface area contributed by atoms with Gasteiger partial charge in [-0.2, -0.15) is 4.98 Å². The lowest BCUT2D eigenvalue weighted by molar-refractivity contribution is -0.121. The Morgan fingerprint density at radius 3 is 2.65 bits per heavy atom. The fourth-order valence-electron chi connectivity index (χ4n) is 5.17. The number of nitrogens with one attached hydrogen (secondary N) is 1. The summed E-state index contributed by atoms with van der Waals surface area (Å²) in [5.41, 5.74) is 2.59. The van der Waals surface area contributed by atoms with E-state index in [1.807, 2.05) is 61.5 Å². The molecule has 1 saturated heterocycles. The van der Waals surface area contributed by atoms with E-state index in [1.165, 1.54) is 0 Å². The van der Waals surface area contributed by atoms with Crippen LogP contribution < -0.4 is 19.7 Å². The molecule has 0 radical (unpaired) electrons. The van der Waals surface area contributed by atoms with Crippen molar-refractivity contribution in [3.63, 3.8) is 0 Å². The number of hydrogen-bond donors (Lipinski definition) is 1. The molecule has 12 nitrogen and oxygen atoms in total. The molecule has 2 aromatic heterocycles. The molecule has 2 aromatic carbocycles. The van der Waals surface area contributed by atoms with E-state index in [-0.39, 0.29) is 25.0 Å². The number of carbonyl (C=O) groups excluding carboxylic acids is 2. The Hall–Kier alpha value is -5.13. The van der Waals surface area contributed by atoms with E-state index >= 15 is 0 Å². The van der Waals surface area contributed by atoms with Crippen molar-refractivity contribution in [3.8, 4) is 17.4 Å². The number of nitrogens with zero attached hydrogens (tertiary/aromatic N) is 6. The van der Waals surface area contributed by atoms with Crippen LogP contribution in [0.25, 0.3) is 5.95 Å². The number of anilines is 1. The number of amides is 2. The summed E-state index contributed by atoms with van der Waals surface area (Å²) in [6, 6.07) is 16.7. The first-order valence-corrected chi connectivity index (χ1v) is 14.2. The van der Waals surface area contributed by atoms with E-state index in [9.17, 15) is 9.59 Å². The second-order valence-corrected chi connectivity index (χ2v) is 10.4. The van der Waals surface area contributed by atoms with E-state index in [2.05, 4.69) is 20.2 Å². The SMILES string of the molecule is Cc1cc(N2CCN(C(=O)OCc3ccccc3)CC2CC(=O)NCc2ccc3c(c2)OCCO3)nc(-n2ccnc2)n1. The van der Waals surface area contributed by atoms with E-state index in [0.717, 1.165) is 16.8 Å². The summed E-state index contributed by atoms with van der Waals surface area (Å²) < 4.78 is 18.6. The van der Waals surface area contributed by atoms with Crippen molar-refractivity contribution in [1.29, 1.82) is 0 Å². The van der Waals surface area contributed by atoms with Gasteiger partial charge in [-0.05, 0) is 30.2 Å². The van der Waals surface area contributed by atoms with E-state index in [4.69, 9.17) is 19.2 Å². The molecule has 1 N–H and O–H groups in total. The first-order chi connectivity index (χ1) is 21.0. The highest BCUT2D eigenvalue weighted by Gasteiger charge is 2.33. The van der Waals surface area contributed by atoms with Crippen LogP contribution in [0.4, 0.5) is 10.6 Å². The zero-order valence-corrected chi connectivity index (χ0v) is 23.9. The molecule has 2 aliphatic heterocycles. The second kappa shape index (κ2) is 12.8. The zero-order valence-electron chi connectivity index (χ0n) is 23.9. The maximum atomic E-state index is 13.3. The Kier molecular flexibility index (Phi) is 8.34. The Morgan fingerprint density at radius 2 is 1.84 bits per heavy atom. The molecule has 0 spiro atoms. The van der Waals surface area contributed by atoms with Crippen molar-refractivity contribution in [2.24, 2.45) is 0 Å². The van der Waals surface area contributed by atoms with Gasteiger partial charge in [-0.3, -0.25) is 9.36 Å². The summed E-state index contributed by atoms with van der Waals surface area (Å²) >= 11 is 0. The first kappa shape index (κ1) is 28.0. The van der Waals surface area contributed by atoms with Crippen molar-refractivity contribution in [2.45, 2.75) is 32.5 Å². The summed E-state index contributed by atoms with van der Waals surface area (Å²) in [4.78, 5) is 43.5. The summed E-state index contributed by atoms with van der Waals surface area (Å²) in [5.74, 6) is 2.39. The Morgan fingerprint density at radius 1 is 1.00 bits per heavy atom. The molecule has 0 saturated carbocycles. The molecule has 43 heavy (non-hydrogen) atoms. The summed E-state index contributed by atoms with van der Waals surface area (Å²) in [5, 5.41) is 3.02. The van der Waals surface area contributed by atoms with Crippen LogP contribution in [0.3, 0.4) is 0 Å². The topological polar surface area (TPSA) is 124 Å². The smallest absolute Gasteiger partial charge is 0.410 e. The van der Waals surface area contributed by atoms with Gasteiger partial charge in [0.2, 0.25) is 11.9 Å². The van der Waals surface area contributed by atoms with Crippen LogP contribution in [0.1, 0.15) is 23.2 Å². The van der Waals surface area contributed by atoms with Gasteiger partial charge in [-0.15, -0.1) is 0 Å². The van der Waals surface area contributed by atoms with Crippen LogP contribution >= 0.6 is 0 Å². The highest BCUT2D eigenvalue weighted by molar-refractivity contribution is 5.77. The number of piperazine rings is 1. The standard InChI is InChI=1S/C31H33N7O5/c1-22-15-28(35-30(34-22)37-10-9-32-21-37)38-12-11-36(31(40)43-20-23-5-3-2-4-6-23)19-25(38)17-29(39)33-18-24-7-8-26-27(16-24)42-14-13-41-26/h2-10,15-16,21,25H,11-14,17-20H2,1H3,(H,33,39). The van der Waals surface area contributed by atoms with Gasteiger partial charge < -0.3 is 29.3 Å². The lowest BCUT2D eigenvalue weighted by atomic mass is 10.1. The second-order valence-electron chi connectivity index (χ2n) is 10.4.